The average Bonchev–Trinajstić information content (AvgIpc) is 3.07. The van der Waals surface area contributed by atoms with Crippen LogP contribution < -0.4 is 5.32 Å². The van der Waals surface area contributed by atoms with E-state index >= 15 is 0 Å². The zero-order valence-electron chi connectivity index (χ0n) is 18.9. The summed E-state index contributed by atoms with van der Waals surface area (Å²) in [6, 6.07) is 0.0926. The minimum Gasteiger partial charge on any atom is -0.483 e. The summed E-state index contributed by atoms with van der Waals surface area (Å²) in [7, 11) is 3.78. The third-order valence-corrected chi connectivity index (χ3v) is 5.52. The smallest absolute Gasteiger partial charge is 0.290 e. The van der Waals surface area contributed by atoms with Crippen LogP contribution in [0.25, 0.3) is 0 Å². The molecule has 1 aliphatic heterocycles. The van der Waals surface area contributed by atoms with Gasteiger partial charge in [0.1, 0.15) is 0 Å². The van der Waals surface area contributed by atoms with Gasteiger partial charge in [0.25, 0.3) is 6.47 Å². The monoisotopic (exact) mass is 457 g/mol. The second-order valence-corrected chi connectivity index (χ2v) is 8.64. The molecule has 1 aliphatic rings. The number of carboxylic acid groups (broad SMARTS) is 1. The van der Waals surface area contributed by atoms with Crippen LogP contribution in [-0.4, -0.2) is 88.6 Å². The fourth-order valence-corrected chi connectivity index (χ4v) is 3.89. The fraction of sp³-hybridized carbons (Fsp3) is 0.750. The van der Waals surface area contributed by atoms with Gasteiger partial charge in [-0.25, -0.2) is 0 Å². The van der Waals surface area contributed by atoms with Crippen LogP contribution in [-0.2, 0) is 27.3 Å². The van der Waals surface area contributed by atoms with Gasteiger partial charge in [0.15, 0.2) is 5.82 Å². The number of hydrogen-bond donors (Lipinski definition) is 2. The highest BCUT2D eigenvalue weighted by Gasteiger charge is 2.29. The second-order valence-electron chi connectivity index (χ2n) is 7.66. The molecule has 1 aromatic rings. The number of aryl methyl sites for hydroxylation is 1. The quantitative estimate of drug-likeness (QED) is 0.526. The molecule has 2 atom stereocenters. The molecular formula is C20H35N5O5S. The molecule has 0 spiro atoms. The van der Waals surface area contributed by atoms with Crippen molar-refractivity contribution >= 4 is 30.0 Å². The summed E-state index contributed by atoms with van der Waals surface area (Å²) < 4.78 is 5.25. The minimum atomic E-state index is -0.250. The normalized spacial score (nSPS) is 19.0. The van der Waals surface area contributed by atoms with E-state index < -0.39 is 0 Å². The Labute approximate surface area is 188 Å². The van der Waals surface area contributed by atoms with E-state index in [4.69, 9.17) is 14.4 Å². The molecule has 10 nitrogen and oxygen atoms in total. The first kappa shape index (κ1) is 26.9. The summed E-state index contributed by atoms with van der Waals surface area (Å²) in [6.07, 6.45) is 5.83. The van der Waals surface area contributed by atoms with Crippen molar-refractivity contribution < 1.29 is 24.0 Å². The summed E-state index contributed by atoms with van der Waals surface area (Å²) in [5.74, 6) is 2.06. The number of likely N-dealkylation sites (N-methyl/N-ethyl adjacent to an activating group) is 1. The number of hydrogen-bond acceptors (Lipinski definition) is 8. The van der Waals surface area contributed by atoms with Crippen molar-refractivity contribution in [1.82, 2.24) is 25.3 Å². The number of likely N-dealkylation sites (tertiary alicyclic amines) is 1. The predicted molar refractivity (Wildman–Crippen MR) is 119 cm³/mol. The van der Waals surface area contributed by atoms with E-state index in [2.05, 4.69) is 27.3 Å². The van der Waals surface area contributed by atoms with E-state index in [1.54, 1.807) is 23.7 Å². The average molecular weight is 458 g/mol. The van der Waals surface area contributed by atoms with Gasteiger partial charge in [0.05, 0.1) is 12.5 Å². The van der Waals surface area contributed by atoms with Gasteiger partial charge in [-0.3, -0.25) is 14.4 Å². The summed E-state index contributed by atoms with van der Waals surface area (Å²) in [5, 5.41) is 13.9. The Balaban J connectivity index is 0.00000151. The molecule has 2 amide bonds. The van der Waals surface area contributed by atoms with Crippen molar-refractivity contribution in [3.8, 4) is 0 Å². The Bertz CT molecular complexity index is 687. The molecule has 0 aromatic carbocycles. The predicted octanol–water partition coefficient (Wildman–Crippen LogP) is 1.26. The first-order valence-corrected chi connectivity index (χ1v) is 11.8. The van der Waals surface area contributed by atoms with Gasteiger partial charge < -0.3 is 24.7 Å². The first-order valence-electron chi connectivity index (χ1n) is 10.5. The molecule has 1 saturated heterocycles. The Morgan fingerprint density at radius 1 is 1.39 bits per heavy atom. The maximum atomic E-state index is 12.9. The Morgan fingerprint density at radius 2 is 2.10 bits per heavy atom. The van der Waals surface area contributed by atoms with E-state index in [9.17, 15) is 9.59 Å². The van der Waals surface area contributed by atoms with Crippen LogP contribution in [0.15, 0.2) is 4.52 Å². The number of carbonyl (C=O) groups excluding carboxylic acids is 2. The number of rotatable bonds is 9. The summed E-state index contributed by atoms with van der Waals surface area (Å²) in [4.78, 5) is 41.4. The number of nitrogens with zero attached hydrogens (tertiary/aromatic N) is 4. The fourth-order valence-electron chi connectivity index (χ4n) is 3.50. The summed E-state index contributed by atoms with van der Waals surface area (Å²) in [6.45, 7) is 3.59. The van der Waals surface area contributed by atoms with Gasteiger partial charge in [-0.05, 0) is 32.6 Å². The molecular weight excluding hydrogens is 422 g/mol. The number of aromatic nitrogens is 2. The third kappa shape index (κ3) is 10.1. The molecule has 2 rings (SSSR count). The molecule has 0 radical (unpaired) electrons. The number of thioether (sulfide) groups is 1. The maximum Gasteiger partial charge on any atom is 0.290 e. The second kappa shape index (κ2) is 14.8. The van der Waals surface area contributed by atoms with Gasteiger partial charge in [-0.15, -0.1) is 0 Å². The lowest BCUT2D eigenvalue weighted by Crippen LogP contribution is -2.42. The van der Waals surface area contributed by atoms with Crippen LogP contribution in [0, 0.1) is 5.92 Å². The molecule has 0 bridgehead atoms. The zero-order valence-corrected chi connectivity index (χ0v) is 19.7. The van der Waals surface area contributed by atoms with Crippen LogP contribution in [0.5, 0.6) is 0 Å². The SMILES string of the molecule is CCCc1noc(CN(C)C(=O)[C@@H]2CC[C@H](NC(=O)CCSC)CN(C)C2)n1.O=CO. The van der Waals surface area contributed by atoms with Gasteiger partial charge in [-0.1, -0.05) is 12.1 Å². The van der Waals surface area contributed by atoms with Crippen molar-refractivity contribution in [2.75, 3.05) is 39.2 Å². The van der Waals surface area contributed by atoms with Crippen LogP contribution >= 0.6 is 11.8 Å². The molecule has 31 heavy (non-hydrogen) atoms. The number of nitrogens with one attached hydrogen (secondary N) is 1. The van der Waals surface area contributed by atoms with Crippen LogP contribution in [0.1, 0.15) is 44.3 Å². The number of amides is 2. The standard InChI is InChI=1S/C19H33N5O3S.CH2O2/c1-5-6-16-21-18(27-22-16)13-24(3)19(26)14-7-8-15(12-23(2)11-14)20-17(25)9-10-28-4;2-1-3/h14-15H,5-13H2,1-4H3,(H,20,25);1H,(H,2,3)/t14-,15+;/m1./s1. The van der Waals surface area contributed by atoms with E-state index in [1.165, 1.54) is 0 Å². The van der Waals surface area contributed by atoms with E-state index in [1.807, 2.05) is 13.3 Å². The van der Waals surface area contributed by atoms with Crippen molar-refractivity contribution in [3.05, 3.63) is 11.7 Å². The third-order valence-electron chi connectivity index (χ3n) is 4.91. The van der Waals surface area contributed by atoms with Crippen molar-refractivity contribution in [3.63, 3.8) is 0 Å². The highest BCUT2D eigenvalue weighted by molar-refractivity contribution is 7.98. The van der Waals surface area contributed by atoms with Crippen molar-refractivity contribution in [1.29, 1.82) is 0 Å². The Kier molecular flexibility index (Phi) is 12.8. The van der Waals surface area contributed by atoms with Crippen molar-refractivity contribution in [2.45, 2.75) is 51.6 Å². The van der Waals surface area contributed by atoms with Gasteiger partial charge in [0, 0.05) is 44.8 Å². The van der Waals surface area contributed by atoms with Crippen LogP contribution in [0.4, 0.5) is 0 Å². The molecule has 176 valence electrons. The van der Waals surface area contributed by atoms with Gasteiger partial charge in [-0.2, -0.15) is 16.7 Å². The van der Waals surface area contributed by atoms with E-state index in [0.717, 1.165) is 38.0 Å². The first-order chi connectivity index (χ1) is 14.8. The largest absolute Gasteiger partial charge is 0.483 e. The van der Waals surface area contributed by atoms with Crippen LogP contribution in [0.3, 0.4) is 0 Å². The Morgan fingerprint density at radius 3 is 2.74 bits per heavy atom. The molecule has 0 aliphatic carbocycles. The molecule has 1 aromatic heterocycles. The minimum absolute atomic E-state index is 0.0800. The molecule has 1 fully saturated rings. The van der Waals surface area contributed by atoms with E-state index in [0.29, 0.717) is 31.2 Å². The molecule has 2 N–H and O–H groups in total. The topological polar surface area (TPSA) is 129 Å². The summed E-state index contributed by atoms with van der Waals surface area (Å²) in [5.41, 5.74) is 0. The number of carbonyl (C=O) groups is 3. The van der Waals surface area contributed by atoms with Crippen molar-refractivity contribution in [2.24, 2.45) is 5.92 Å². The molecule has 0 unspecified atom stereocenters. The Hall–Kier alpha value is -2.14. The summed E-state index contributed by atoms with van der Waals surface area (Å²) >= 11 is 1.67. The molecule has 0 saturated carbocycles. The lowest BCUT2D eigenvalue weighted by molar-refractivity contribution is -0.135. The molecule has 11 heteroatoms. The highest BCUT2D eigenvalue weighted by Crippen LogP contribution is 2.19. The lowest BCUT2D eigenvalue weighted by atomic mass is 10.0. The van der Waals surface area contributed by atoms with Gasteiger partial charge in [0.2, 0.25) is 17.7 Å². The van der Waals surface area contributed by atoms with E-state index in [-0.39, 0.29) is 30.2 Å². The maximum absolute atomic E-state index is 12.9. The zero-order chi connectivity index (χ0) is 23.2. The lowest BCUT2D eigenvalue weighted by Gasteiger charge is -2.24. The van der Waals surface area contributed by atoms with Gasteiger partial charge >= 0.3 is 0 Å². The van der Waals surface area contributed by atoms with Crippen LogP contribution in [0.2, 0.25) is 0 Å². The molecule has 2 heterocycles. The highest BCUT2D eigenvalue weighted by atomic mass is 32.2.